The lowest BCUT2D eigenvalue weighted by atomic mass is 10.1. The maximum atomic E-state index is 13.1. The standard InChI is InChI=1S/C19H29N3O5S2/c1-3-8-22(17-7-13-28(24,25)15-17)19(23)16-5-4-6-18(14-16)29(26,27)21-11-9-20(2)10-12-21/h4-6,14,17H,3,7-13,15H2,1-2H3. The van der Waals surface area contributed by atoms with Crippen molar-refractivity contribution in [1.82, 2.24) is 14.1 Å². The third-order valence-corrected chi connectivity index (χ3v) is 9.20. The number of piperazine rings is 1. The zero-order valence-electron chi connectivity index (χ0n) is 17.0. The summed E-state index contributed by atoms with van der Waals surface area (Å²) in [6, 6.07) is 5.74. The molecule has 2 heterocycles. The number of nitrogens with zero attached hydrogens (tertiary/aromatic N) is 3. The van der Waals surface area contributed by atoms with Gasteiger partial charge in [-0.15, -0.1) is 0 Å². The Morgan fingerprint density at radius 1 is 1.21 bits per heavy atom. The van der Waals surface area contributed by atoms with Gasteiger partial charge in [0.2, 0.25) is 10.0 Å². The second kappa shape index (κ2) is 8.71. The highest BCUT2D eigenvalue weighted by atomic mass is 32.2. The first-order chi connectivity index (χ1) is 13.6. The summed E-state index contributed by atoms with van der Waals surface area (Å²) in [4.78, 5) is 16.9. The Kier molecular flexibility index (Phi) is 6.67. The van der Waals surface area contributed by atoms with Gasteiger partial charge < -0.3 is 9.80 Å². The minimum atomic E-state index is -3.68. The zero-order valence-corrected chi connectivity index (χ0v) is 18.6. The molecule has 10 heteroatoms. The molecule has 0 aromatic heterocycles. The van der Waals surface area contributed by atoms with Crippen LogP contribution in [0.4, 0.5) is 0 Å². The lowest BCUT2D eigenvalue weighted by Gasteiger charge is -2.31. The molecule has 0 aliphatic carbocycles. The van der Waals surface area contributed by atoms with Gasteiger partial charge in [-0.3, -0.25) is 4.79 Å². The monoisotopic (exact) mass is 443 g/mol. The van der Waals surface area contributed by atoms with Gasteiger partial charge in [-0.1, -0.05) is 13.0 Å². The molecule has 0 bridgehead atoms. The molecule has 0 saturated carbocycles. The quantitative estimate of drug-likeness (QED) is 0.641. The fourth-order valence-electron chi connectivity index (χ4n) is 3.84. The number of amides is 1. The van der Waals surface area contributed by atoms with Crippen molar-refractivity contribution in [3.8, 4) is 0 Å². The normalized spacial score (nSPS) is 23.2. The van der Waals surface area contributed by atoms with Crippen molar-refractivity contribution in [3.63, 3.8) is 0 Å². The van der Waals surface area contributed by atoms with Crippen LogP contribution < -0.4 is 0 Å². The van der Waals surface area contributed by atoms with Crippen LogP contribution in [0, 0.1) is 0 Å². The molecule has 1 unspecified atom stereocenters. The van der Waals surface area contributed by atoms with Gasteiger partial charge in [0.25, 0.3) is 5.91 Å². The molecule has 2 aliphatic rings. The van der Waals surface area contributed by atoms with Gasteiger partial charge in [-0.25, -0.2) is 16.8 Å². The van der Waals surface area contributed by atoms with Crippen molar-refractivity contribution in [2.45, 2.75) is 30.7 Å². The summed E-state index contributed by atoms with van der Waals surface area (Å²) in [5.41, 5.74) is 0.276. The second-order valence-corrected chi connectivity index (χ2v) is 12.0. The summed E-state index contributed by atoms with van der Waals surface area (Å²) in [7, 11) is -4.85. The van der Waals surface area contributed by atoms with E-state index in [1.54, 1.807) is 17.0 Å². The van der Waals surface area contributed by atoms with Crippen LogP contribution in [-0.4, -0.2) is 94.2 Å². The first-order valence-corrected chi connectivity index (χ1v) is 13.2. The first-order valence-electron chi connectivity index (χ1n) is 9.94. The average Bonchev–Trinajstić information content (AvgIpc) is 3.05. The number of rotatable bonds is 6. The minimum absolute atomic E-state index is 0.0297. The number of likely N-dealkylation sites (N-methyl/N-ethyl adjacent to an activating group) is 1. The molecular weight excluding hydrogens is 414 g/mol. The third-order valence-electron chi connectivity index (χ3n) is 5.56. The largest absolute Gasteiger partial charge is 0.335 e. The highest BCUT2D eigenvalue weighted by Crippen LogP contribution is 2.23. The van der Waals surface area contributed by atoms with Crippen LogP contribution in [0.1, 0.15) is 30.1 Å². The predicted octanol–water partition coefficient (Wildman–Crippen LogP) is 0.662. The Morgan fingerprint density at radius 3 is 2.48 bits per heavy atom. The molecule has 162 valence electrons. The van der Waals surface area contributed by atoms with E-state index in [-0.39, 0.29) is 33.9 Å². The van der Waals surface area contributed by atoms with Gasteiger partial charge in [0.05, 0.1) is 16.4 Å². The van der Waals surface area contributed by atoms with Crippen molar-refractivity contribution < 1.29 is 21.6 Å². The molecule has 0 N–H and O–H groups in total. The third kappa shape index (κ3) is 4.99. The summed E-state index contributed by atoms with van der Waals surface area (Å²) < 4.78 is 51.2. The van der Waals surface area contributed by atoms with E-state index in [1.165, 1.54) is 16.4 Å². The van der Waals surface area contributed by atoms with Crippen molar-refractivity contribution in [1.29, 1.82) is 0 Å². The smallest absolute Gasteiger partial charge is 0.254 e. The summed E-state index contributed by atoms with van der Waals surface area (Å²) in [6.07, 6.45) is 1.12. The molecule has 2 aliphatic heterocycles. The van der Waals surface area contributed by atoms with Gasteiger partial charge in [-0.2, -0.15) is 4.31 Å². The molecule has 1 atom stereocenters. The molecule has 1 aromatic carbocycles. The lowest BCUT2D eigenvalue weighted by Crippen LogP contribution is -2.47. The highest BCUT2D eigenvalue weighted by molar-refractivity contribution is 7.91. The van der Waals surface area contributed by atoms with E-state index in [0.29, 0.717) is 45.6 Å². The fourth-order valence-corrected chi connectivity index (χ4v) is 7.04. The topological polar surface area (TPSA) is 95.1 Å². The van der Waals surface area contributed by atoms with Crippen LogP contribution in [-0.2, 0) is 19.9 Å². The van der Waals surface area contributed by atoms with Crippen LogP contribution in [0.2, 0.25) is 0 Å². The molecule has 0 radical (unpaired) electrons. The maximum Gasteiger partial charge on any atom is 0.254 e. The van der Waals surface area contributed by atoms with E-state index in [1.807, 2.05) is 14.0 Å². The molecule has 29 heavy (non-hydrogen) atoms. The number of sulfonamides is 1. The molecule has 2 fully saturated rings. The fraction of sp³-hybridized carbons (Fsp3) is 0.632. The Hall–Kier alpha value is -1.49. The van der Waals surface area contributed by atoms with Crippen molar-refractivity contribution in [3.05, 3.63) is 29.8 Å². The van der Waals surface area contributed by atoms with Gasteiger partial charge in [0.15, 0.2) is 9.84 Å². The van der Waals surface area contributed by atoms with E-state index in [2.05, 4.69) is 4.90 Å². The minimum Gasteiger partial charge on any atom is -0.335 e. The number of benzene rings is 1. The summed E-state index contributed by atoms with van der Waals surface area (Å²) >= 11 is 0. The Morgan fingerprint density at radius 2 is 1.90 bits per heavy atom. The van der Waals surface area contributed by atoms with Crippen molar-refractivity contribution in [2.75, 3.05) is 51.3 Å². The molecule has 0 spiro atoms. The van der Waals surface area contributed by atoms with Gasteiger partial charge in [-0.05, 0) is 38.1 Å². The first kappa shape index (κ1) is 22.2. The van der Waals surface area contributed by atoms with Crippen LogP contribution in [0.15, 0.2) is 29.2 Å². The number of sulfone groups is 1. The number of carbonyl (C=O) groups is 1. The average molecular weight is 444 g/mol. The number of hydrogen-bond acceptors (Lipinski definition) is 6. The summed E-state index contributed by atoms with van der Waals surface area (Å²) in [5.74, 6) is -0.259. The van der Waals surface area contributed by atoms with E-state index in [0.717, 1.165) is 0 Å². The number of hydrogen-bond donors (Lipinski definition) is 0. The predicted molar refractivity (Wildman–Crippen MR) is 111 cm³/mol. The molecule has 1 aromatic rings. The zero-order chi connectivity index (χ0) is 21.2. The van der Waals surface area contributed by atoms with Crippen molar-refractivity contribution in [2.24, 2.45) is 0 Å². The van der Waals surface area contributed by atoms with Gasteiger partial charge in [0, 0.05) is 44.3 Å². The Bertz CT molecular complexity index is 954. The summed E-state index contributed by atoms with van der Waals surface area (Å²) in [6.45, 7) is 4.53. The van der Waals surface area contributed by atoms with E-state index in [4.69, 9.17) is 0 Å². The van der Waals surface area contributed by atoms with Crippen LogP contribution in [0.25, 0.3) is 0 Å². The Labute approximate surface area is 173 Å². The molecule has 2 saturated heterocycles. The molecule has 8 nitrogen and oxygen atoms in total. The van der Waals surface area contributed by atoms with E-state index < -0.39 is 19.9 Å². The molecule has 3 rings (SSSR count). The van der Waals surface area contributed by atoms with E-state index in [9.17, 15) is 21.6 Å². The van der Waals surface area contributed by atoms with Crippen LogP contribution in [0.3, 0.4) is 0 Å². The van der Waals surface area contributed by atoms with Crippen LogP contribution >= 0.6 is 0 Å². The van der Waals surface area contributed by atoms with E-state index >= 15 is 0 Å². The maximum absolute atomic E-state index is 13.1. The second-order valence-electron chi connectivity index (χ2n) is 7.79. The summed E-state index contributed by atoms with van der Waals surface area (Å²) in [5, 5.41) is 0. The Balaban J connectivity index is 1.84. The highest BCUT2D eigenvalue weighted by Gasteiger charge is 2.35. The van der Waals surface area contributed by atoms with Crippen LogP contribution in [0.5, 0.6) is 0 Å². The lowest BCUT2D eigenvalue weighted by molar-refractivity contribution is 0.0697. The molecule has 1 amide bonds. The number of carbonyl (C=O) groups excluding carboxylic acids is 1. The SMILES string of the molecule is CCCN(C(=O)c1cccc(S(=O)(=O)N2CCN(C)CC2)c1)C1CCS(=O)(=O)C1. The van der Waals surface area contributed by atoms with Gasteiger partial charge >= 0.3 is 0 Å². The van der Waals surface area contributed by atoms with Gasteiger partial charge in [0.1, 0.15) is 0 Å². The van der Waals surface area contributed by atoms with Crippen molar-refractivity contribution >= 4 is 25.8 Å². The molecular formula is C19H29N3O5S2.